The van der Waals surface area contributed by atoms with Crippen LogP contribution in [0.4, 0.5) is 39.5 Å². The Morgan fingerprint density at radius 3 is 1.67 bits per heavy atom. The smallest absolute Gasteiger partial charge is 0.460 e. The summed E-state index contributed by atoms with van der Waals surface area (Å²) in [6, 6.07) is 8.62. The van der Waals surface area contributed by atoms with Gasteiger partial charge in [-0.2, -0.15) is 39.5 Å². The van der Waals surface area contributed by atoms with Crippen molar-refractivity contribution in [1.82, 2.24) is 0 Å². The molecular formula is C24H29F9O4S2. The lowest BCUT2D eigenvalue weighted by Crippen LogP contribution is -2.63. The molecule has 0 unspecified atom stereocenters. The lowest BCUT2D eigenvalue weighted by atomic mass is 9.83. The molecule has 0 amide bonds. The van der Waals surface area contributed by atoms with Crippen molar-refractivity contribution >= 4 is 26.8 Å². The Labute approximate surface area is 223 Å². The summed E-state index contributed by atoms with van der Waals surface area (Å²) in [6.07, 6.45) is 2.21. The summed E-state index contributed by atoms with van der Waals surface area (Å²) in [4.78, 5) is 12.9. The molecule has 224 valence electrons. The van der Waals surface area contributed by atoms with Gasteiger partial charge < -0.3 is 4.55 Å². The first-order chi connectivity index (χ1) is 17.6. The predicted molar refractivity (Wildman–Crippen MR) is 128 cm³/mol. The second-order valence-corrected chi connectivity index (χ2v) is 14.3. The van der Waals surface area contributed by atoms with Gasteiger partial charge in [-0.15, -0.1) is 0 Å². The van der Waals surface area contributed by atoms with Gasteiger partial charge in [-0.1, -0.05) is 43.5 Å². The van der Waals surface area contributed by atoms with E-state index in [1.54, 1.807) is 0 Å². The highest BCUT2D eigenvalue weighted by atomic mass is 32.2. The minimum absolute atomic E-state index is 0.178. The van der Waals surface area contributed by atoms with Crippen LogP contribution in [0.5, 0.6) is 0 Å². The van der Waals surface area contributed by atoms with Crippen molar-refractivity contribution in [3.63, 3.8) is 0 Å². The van der Waals surface area contributed by atoms with Gasteiger partial charge in [0.25, 0.3) is 0 Å². The maximum absolute atomic E-state index is 12.9. The van der Waals surface area contributed by atoms with E-state index < -0.39 is 33.4 Å². The number of benzene rings is 1. The Bertz CT molecular complexity index is 1090. The van der Waals surface area contributed by atoms with E-state index in [0.717, 1.165) is 11.5 Å². The molecule has 1 aliphatic carbocycles. The van der Waals surface area contributed by atoms with Crippen molar-refractivity contribution in [2.45, 2.75) is 92.7 Å². The van der Waals surface area contributed by atoms with Gasteiger partial charge in [0.2, 0.25) is 5.78 Å². The lowest BCUT2D eigenvalue weighted by Gasteiger charge is -2.34. The first-order valence-electron chi connectivity index (χ1n) is 12.1. The van der Waals surface area contributed by atoms with E-state index >= 15 is 0 Å². The van der Waals surface area contributed by atoms with Crippen LogP contribution in [0.1, 0.15) is 80.6 Å². The quantitative estimate of drug-likeness (QED) is 0.142. The van der Waals surface area contributed by atoms with Gasteiger partial charge in [0.05, 0.1) is 0 Å². The summed E-state index contributed by atoms with van der Waals surface area (Å²) >= 11 is 0. The summed E-state index contributed by atoms with van der Waals surface area (Å²) in [7, 11) is -7.14. The Morgan fingerprint density at radius 1 is 0.795 bits per heavy atom. The molecule has 0 bridgehead atoms. The minimum atomic E-state index is -7.43. The molecule has 2 aliphatic rings. The summed E-state index contributed by atoms with van der Waals surface area (Å²) < 4.78 is 135. The van der Waals surface area contributed by atoms with Crippen molar-refractivity contribution in [1.29, 1.82) is 0 Å². The Morgan fingerprint density at radius 2 is 1.26 bits per heavy atom. The zero-order valence-corrected chi connectivity index (χ0v) is 22.7. The number of hydrogen-bond acceptors (Lipinski definition) is 4. The molecule has 1 saturated heterocycles. The van der Waals surface area contributed by atoms with Crippen molar-refractivity contribution in [2.75, 3.05) is 11.5 Å². The Kier molecular flexibility index (Phi) is 10.2. The predicted octanol–water partition coefficient (Wildman–Crippen LogP) is 7.07. The largest absolute Gasteiger partial charge is 0.743 e. The van der Waals surface area contributed by atoms with Gasteiger partial charge in [0.15, 0.2) is 14.9 Å². The second-order valence-electron chi connectivity index (χ2n) is 10.0. The van der Waals surface area contributed by atoms with Crippen LogP contribution < -0.4 is 0 Å². The van der Waals surface area contributed by atoms with E-state index in [0.29, 0.717) is 5.78 Å². The fourth-order valence-electron chi connectivity index (χ4n) is 4.50. The first-order valence-corrected chi connectivity index (χ1v) is 15.0. The monoisotopic (exact) mass is 616 g/mol. The molecule has 1 heterocycles. The zero-order valence-electron chi connectivity index (χ0n) is 21.1. The first kappa shape index (κ1) is 33.7. The fourth-order valence-corrected chi connectivity index (χ4v) is 7.66. The van der Waals surface area contributed by atoms with E-state index in [9.17, 15) is 57.3 Å². The summed E-state index contributed by atoms with van der Waals surface area (Å²) in [5.41, 5.74) is 2.36. The number of carbonyl (C=O) groups excluding carboxylic acids is 1. The van der Waals surface area contributed by atoms with Crippen LogP contribution >= 0.6 is 0 Å². The molecule has 0 aromatic heterocycles. The minimum Gasteiger partial charge on any atom is -0.743 e. The van der Waals surface area contributed by atoms with Crippen LogP contribution in [-0.4, -0.2) is 58.3 Å². The van der Waals surface area contributed by atoms with Crippen LogP contribution in [0, 0.1) is 0 Å². The fraction of sp³-hybridized carbons (Fsp3) is 0.708. The van der Waals surface area contributed by atoms with Gasteiger partial charge in [-0.05, 0) is 51.0 Å². The lowest BCUT2D eigenvalue weighted by molar-refractivity contribution is -0.382. The van der Waals surface area contributed by atoms with Gasteiger partial charge >= 0.3 is 23.3 Å². The number of alkyl halides is 9. The molecule has 0 spiro atoms. The average Bonchev–Trinajstić information content (AvgIpc) is 3.39. The highest BCUT2D eigenvalue weighted by Gasteiger charge is 2.83. The van der Waals surface area contributed by atoms with Crippen molar-refractivity contribution in [3.8, 4) is 0 Å². The molecular weight excluding hydrogens is 587 g/mol. The summed E-state index contributed by atoms with van der Waals surface area (Å²) in [6.45, 7) is 4.33. The number of ketones is 1. The third kappa shape index (κ3) is 6.88. The van der Waals surface area contributed by atoms with Gasteiger partial charge in [0.1, 0.15) is 11.5 Å². The molecule has 39 heavy (non-hydrogen) atoms. The van der Waals surface area contributed by atoms with Crippen LogP contribution in [-0.2, 0) is 21.0 Å². The Hall–Kier alpha value is -1.48. The maximum Gasteiger partial charge on any atom is 0.460 e. The summed E-state index contributed by atoms with van der Waals surface area (Å²) in [5, 5.41) is -7.11. The van der Waals surface area contributed by atoms with Gasteiger partial charge in [-0.25, -0.2) is 8.42 Å². The number of Topliss-reactive ketones (excluding diaryl/α,β-unsaturated/α-hetero) is 1. The molecule has 4 nitrogen and oxygen atoms in total. The second kappa shape index (κ2) is 11.8. The molecule has 15 heteroatoms. The van der Waals surface area contributed by atoms with E-state index in [1.165, 1.54) is 62.0 Å². The topological polar surface area (TPSA) is 74.3 Å². The van der Waals surface area contributed by atoms with Gasteiger partial charge in [0, 0.05) is 16.5 Å². The summed E-state index contributed by atoms with van der Waals surface area (Å²) in [5.74, 6) is -11.2. The number of halogens is 9. The number of hydrogen-bond donors (Lipinski definition) is 0. The number of carbonyl (C=O) groups is 1. The molecule has 2 fully saturated rings. The third-order valence-electron chi connectivity index (χ3n) is 6.98. The molecule has 1 aromatic rings. The Balaban J connectivity index is 0.000000285. The molecule has 1 aromatic carbocycles. The van der Waals surface area contributed by atoms with E-state index in [1.807, 2.05) is 0 Å². The van der Waals surface area contributed by atoms with Crippen LogP contribution in [0.15, 0.2) is 24.3 Å². The van der Waals surface area contributed by atoms with Crippen molar-refractivity contribution < 1.29 is 57.3 Å². The van der Waals surface area contributed by atoms with E-state index in [4.69, 9.17) is 0 Å². The normalized spacial score (nSPS) is 19.0. The molecule has 0 N–H and O–H groups in total. The zero-order chi connectivity index (χ0) is 30.1. The molecule has 3 rings (SSSR count). The number of rotatable bonds is 7. The highest BCUT2D eigenvalue weighted by Crippen LogP contribution is 2.54. The van der Waals surface area contributed by atoms with Crippen LogP contribution in [0.2, 0.25) is 0 Å². The van der Waals surface area contributed by atoms with Crippen molar-refractivity contribution in [2.24, 2.45) is 0 Å². The molecule has 0 atom stereocenters. The maximum atomic E-state index is 12.9. The standard InChI is InChI=1S/C20H29OS.C4HF9O3S/c1-20(2,22-14-6-7-15-22)19(21)18-12-10-17(11-13-18)16-8-4-3-5-9-16;5-1(6,3(9,10)11)2(7,8)4(12,13)17(14,15)16/h10-13,16H,3-9,14-15H2,1-2H3;(H,14,15,16)/q+1;/p-1. The highest BCUT2D eigenvalue weighted by molar-refractivity contribution is 7.99. The van der Waals surface area contributed by atoms with E-state index in [-0.39, 0.29) is 15.6 Å². The average molecular weight is 617 g/mol. The van der Waals surface area contributed by atoms with Crippen LogP contribution in [0.25, 0.3) is 0 Å². The third-order valence-corrected chi connectivity index (χ3v) is 11.1. The van der Waals surface area contributed by atoms with Crippen molar-refractivity contribution in [3.05, 3.63) is 35.4 Å². The molecule has 1 saturated carbocycles. The van der Waals surface area contributed by atoms with Crippen LogP contribution in [0.3, 0.4) is 0 Å². The van der Waals surface area contributed by atoms with Gasteiger partial charge in [-0.3, -0.25) is 4.79 Å². The molecule has 0 radical (unpaired) electrons. The van der Waals surface area contributed by atoms with E-state index in [2.05, 4.69) is 38.1 Å². The SMILES string of the molecule is CC(C)(C(=O)c1ccc(C2CCCCC2)cc1)[S+]1CCCC1.O=S(=O)([O-])C(F)(F)C(F)(F)C(F)(F)C(F)(F)F. The molecule has 1 aliphatic heterocycles.